The summed E-state index contributed by atoms with van der Waals surface area (Å²) in [5.74, 6) is 0.383. The normalized spacial score (nSPS) is 10.2. The van der Waals surface area contributed by atoms with Crippen LogP contribution in [0.5, 0.6) is 0 Å². The van der Waals surface area contributed by atoms with Gasteiger partial charge in [0.2, 0.25) is 0 Å². The molecule has 0 aromatic heterocycles. The monoisotopic (exact) mass is 177 g/mol. The van der Waals surface area contributed by atoms with Crippen LogP contribution in [0.25, 0.3) is 0 Å². The van der Waals surface area contributed by atoms with Crippen LogP contribution < -0.4 is 5.32 Å². The van der Waals surface area contributed by atoms with E-state index in [1.54, 1.807) is 0 Å². The predicted octanol–water partition coefficient (Wildman–Crippen LogP) is 2.66. The minimum atomic E-state index is 0.383. The van der Waals surface area contributed by atoms with Crippen LogP contribution in [0.15, 0.2) is 18.2 Å². The number of rotatable bonds is 3. The lowest BCUT2D eigenvalue weighted by Gasteiger charge is -2.10. The molecule has 0 unspecified atom stereocenters. The van der Waals surface area contributed by atoms with Crippen LogP contribution in [0.2, 0.25) is 0 Å². The first kappa shape index (κ1) is 9.78. The van der Waals surface area contributed by atoms with Gasteiger partial charge in [0.25, 0.3) is 0 Å². The zero-order valence-corrected chi connectivity index (χ0v) is 8.29. The predicted molar refractivity (Wildman–Crippen MR) is 55.5 cm³/mol. The third-order valence-electron chi connectivity index (χ3n) is 2.12. The van der Waals surface area contributed by atoms with E-state index in [4.69, 9.17) is 0 Å². The molecule has 0 saturated heterocycles. The second kappa shape index (κ2) is 4.08. The van der Waals surface area contributed by atoms with Crippen LogP contribution in [-0.4, -0.2) is 13.3 Å². The van der Waals surface area contributed by atoms with Gasteiger partial charge in [0, 0.05) is 18.3 Å². The van der Waals surface area contributed by atoms with Crippen molar-refractivity contribution in [2.75, 3.05) is 12.4 Å². The number of hydrogen-bond acceptors (Lipinski definition) is 2. The Hall–Kier alpha value is -1.31. The third kappa shape index (κ3) is 2.08. The van der Waals surface area contributed by atoms with E-state index in [1.807, 2.05) is 25.2 Å². The van der Waals surface area contributed by atoms with Gasteiger partial charge in [-0.05, 0) is 29.7 Å². The lowest BCUT2D eigenvalue weighted by molar-refractivity contribution is 0.112. The van der Waals surface area contributed by atoms with Gasteiger partial charge in [0.15, 0.2) is 0 Å². The van der Waals surface area contributed by atoms with Gasteiger partial charge in [-0.1, -0.05) is 13.8 Å². The maximum absolute atomic E-state index is 10.7. The highest BCUT2D eigenvalue weighted by molar-refractivity contribution is 5.78. The summed E-state index contributed by atoms with van der Waals surface area (Å²) in [5, 5.41) is 3.06. The molecule has 1 aromatic carbocycles. The summed E-state index contributed by atoms with van der Waals surface area (Å²) in [5.41, 5.74) is 2.94. The molecular formula is C11H15NO. The summed E-state index contributed by atoms with van der Waals surface area (Å²) in [6.07, 6.45) is 0.911. The Morgan fingerprint density at radius 2 is 2.08 bits per heavy atom. The Labute approximate surface area is 79.0 Å². The summed E-state index contributed by atoms with van der Waals surface area (Å²) >= 11 is 0. The Morgan fingerprint density at radius 1 is 1.38 bits per heavy atom. The molecule has 0 fully saturated rings. The van der Waals surface area contributed by atoms with Crippen LogP contribution in [0, 0.1) is 0 Å². The fourth-order valence-electron chi connectivity index (χ4n) is 1.34. The molecule has 0 heterocycles. The smallest absolute Gasteiger partial charge is 0.150 e. The van der Waals surface area contributed by atoms with E-state index >= 15 is 0 Å². The third-order valence-corrected chi connectivity index (χ3v) is 2.12. The number of nitrogens with one attached hydrogen (secondary N) is 1. The number of aldehydes is 1. The highest BCUT2D eigenvalue weighted by Crippen LogP contribution is 2.21. The SMILES string of the molecule is CNc1ccc(C=O)c(C(C)C)c1. The van der Waals surface area contributed by atoms with Crippen LogP contribution in [-0.2, 0) is 0 Å². The molecule has 70 valence electrons. The zero-order chi connectivity index (χ0) is 9.84. The largest absolute Gasteiger partial charge is 0.388 e. The van der Waals surface area contributed by atoms with Crippen molar-refractivity contribution in [1.82, 2.24) is 0 Å². The summed E-state index contributed by atoms with van der Waals surface area (Å²) in [6.45, 7) is 4.17. The Bertz CT molecular complexity index is 305. The average Bonchev–Trinajstić information content (AvgIpc) is 2.16. The first-order chi connectivity index (χ1) is 6.19. The van der Waals surface area contributed by atoms with Crippen molar-refractivity contribution in [3.8, 4) is 0 Å². The highest BCUT2D eigenvalue weighted by Gasteiger charge is 2.06. The Balaban J connectivity index is 3.17. The van der Waals surface area contributed by atoms with E-state index in [9.17, 15) is 4.79 Å². The van der Waals surface area contributed by atoms with Gasteiger partial charge in [0.1, 0.15) is 6.29 Å². The molecular weight excluding hydrogens is 162 g/mol. The van der Waals surface area contributed by atoms with Crippen LogP contribution in [0.3, 0.4) is 0 Å². The molecule has 2 heteroatoms. The zero-order valence-electron chi connectivity index (χ0n) is 8.29. The van der Waals surface area contributed by atoms with Crippen molar-refractivity contribution in [2.45, 2.75) is 19.8 Å². The lowest BCUT2D eigenvalue weighted by Crippen LogP contribution is -1.97. The molecule has 0 aliphatic carbocycles. The van der Waals surface area contributed by atoms with Crippen molar-refractivity contribution < 1.29 is 4.79 Å². The molecule has 2 nitrogen and oxygen atoms in total. The molecule has 1 N–H and O–H groups in total. The Kier molecular flexibility index (Phi) is 3.07. The fraction of sp³-hybridized carbons (Fsp3) is 0.364. The van der Waals surface area contributed by atoms with Gasteiger partial charge < -0.3 is 5.32 Å². The molecule has 0 radical (unpaired) electrons. The molecule has 0 atom stereocenters. The molecule has 0 amide bonds. The molecule has 0 aliphatic heterocycles. The Morgan fingerprint density at radius 3 is 2.54 bits per heavy atom. The van der Waals surface area contributed by atoms with Gasteiger partial charge in [0.05, 0.1) is 0 Å². The number of carbonyl (C=O) groups is 1. The summed E-state index contributed by atoms with van der Waals surface area (Å²) in [4.78, 5) is 10.7. The average molecular weight is 177 g/mol. The lowest BCUT2D eigenvalue weighted by atomic mass is 9.97. The van der Waals surface area contributed by atoms with Crippen molar-refractivity contribution in [1.29, 1.82) is 0 Å². The van der Waals surface area contributed by atoms with Gasteiger partial charge in [-0.3, -0.25) is 4.79 Å². The van der Waals surface area contributed by atoms with E-state index < -0.39 is 0 Å². The summed E-state index contributed by atoms with van der Waals surface area (Å²) in [6, 6.07) is 5.79. The highest BCUT2D eigenvalue weighted by atomic mass is 16.1. The molecule has 0 bridgehead atoms. The van der Waals surface area contributed by atoms with Crippen LogP contribution in [0.1, 0.15) is 35.7 Å². The van der Waals surface area contributed by atoms with Gasteiger partial charge >= 0.3 is 0 Å². The molecule has 0 saturated carbocycles. The van der Waals surface area contributed by atoms with E-state index in [2.05, 4.69) is 19.2 Å². The maximum Gasteiger partial charge on any atom is 0.150 e. The minimum Gasteiger partial charge on any atom is -0.388 e. The second-order valence-electron chi connectivity index (χ2n) is 3.37. The second-order valence-corrected chi connectivity index (χ2v) is 3.37. The van der Waals surface area contributed by atoms with Crippen LogP contribution >= 0.6 is 0 Å². The standard InChI is InChI=1S/C11H15NO/c1-8(2)11-6-10(12-3)5-4-9(11)7-13/h4-8,12H,1-3H3. The molecule has 0 aliphatic rings. The van der Waals surface area contributed by atoms with Crippen molar-refractivity contribution in [3.63, 3.8) is 0 Å². The topological polar surface area (TPSA) is 29.1 Å². The quantitative estimate of drug-likeness (QED) is 0.719. The van der Waals surface area contributed by atoms with Crippen molar-refractivity contribution >= 4 is 12.0 Å². The van der Waals surface area contributed by atoms with Gasteiger partial charge in [-0.2, -0.15) is 0 Å². The van der Waals surface area contributed by atoms with E-state index in [0.29, 0.717) is 5.92 Å². The van der Waals surface area contributed by atoms with Crippen molar-refractivity contribution in [3.05, 3.63) is 29.3 Å². The first-order valence-corrected chi connectivity index (χ1v) is 4.46. The molecule has 1 aromatic rings. The summed E-state index contributed by atoms with van der Waals surface area (Å²) in [7, 11) is 1.88. The molecule has 13 heavy (non-hydrogen) atoms. The van der Waals surface area contributed by atoms with Crippen LogP contribution in [0.4, 0.5) is 5.69 Å². The number of carbonyl (C=O) groups excluding carboxylic acids is 1. The molecule has 0 spiro atoms. The van der Waals surface area contributed by atoms with Gasteiger partial charge in [-0.25, -0.2) is 0 Å². The maximum atomic E-state index is 10.7. The van der Waals surface area contributed by atoms with E-state index in [-0.39, 0.29) is 0 Å². The molecule has 1 rings (SSSR count). The fourth-order valence-corrected chi connectivity index (χ4v) is 1.34. The van der Waals surface area contributed by atoms with E-state index in [0.717, 1.165) is 23.1 Å². The summed E-state index contributed by atoms with van der Waals surface area (Å²) < 4.78 is 0. The minimum absolute atomic E-state index is 0.383. The number of anilines is 1. The first-order valence-electron chi connectivity index (χ1n) is 4.46. The van der Waals surface area contributed by atoms with Crippen molar-refractivity contribution in [2.24, 2.45) is 0 Å². The number of hydrogen-bond donors (Lipinski definition) is 1. The number of benzene rings is 1. The van der Waals surface area contributed by atoms with Gasteiger partial charge in [-0.15, -0.1) is 0 Å². The van der Waals surface area contributed by atoms with E-state index in [1.165, 1.54) is 0 Å².